The van der Waals surface area contributed by atoms with Gasteiger partial charge in [-0.3, -0.25) is 15.1 Å². The van der Waals surface area contributed by atoms with Crippen LogP contribution in [0.1, 0.15) is 37.1 Å². The van der Waals surface area contributed by atoms with E-state index in [9.17, 15) is 14.9 Å². The molecule has 0 saturated heterocycles. The minimum Gasteiger partial charge on any atom is -0.445 e. The van der Waals surface area contributed by atoms with Gasteiger partial charge in [-0.2, -0.15) is 0 Å². The number of alkyl carbamates (subject to hydrolysis) is 1. The fourth-order valence-electron chi connectivity index (χ4n) is 2.75. The van der Waals surface area contributed by atoms with Crippen molar-refractivity contribution in [3.05, 3.63) is 69.5 Å². The maximum absolute atomic E-state index is 11.9. The summed E-state index contributed by atoms with van der Waals surface area (Å²) in [5.41, 5.74) is 2.60. The highest BCUT2D eigenvalue weighted by molar-refractivity contribution is 5.67. The van der Waals surface area contributed by atoms with Crippen LogP contribution >= 0.6 is 0 Å². The average Bonchev–Trinajstić information content (AvgIpc) is 2.68. The summed E-state index contributed by atoms with van der Waals surface area (Å²) >= 11 is 0. The summed E-state index contributed by atoms with van der Waals surface area (Å²) in [6.45, 7) is 4.22. The third kappa shape index (κ3) is 5.27. The van der Waals surface area contributed by atoms with E-state index in [2.05, 4.69) is 10.3 Å². The predicted molar refractivity (Wildman–Crippen MR) is 97.8 cm³/mol. The third-order valence-corrected chi connectivity index (χ3v) is 3.99. The molecular weight excluding hydrogens is 334 g/mol. The number of amides is 1. The van der Waals surface area contributed by atoms with Crippen molar-refractivity contribution in [2.24, 2.45) is 0 Å². The molecule has 1 aliphatic rings. The van der Waals surface area contributed by atoms with E-state index in [1.165, 1.54) is 6.20 Å². The number of ether oxygens (including phenoxy) is 1. The van der Waals surface area contributed by atoms with Crippen molar-refractivity contribution in [3.63, 3.8) is 0 Å². The van der Waals surface area contributed by atoms with Gasteiger partial charge in [0.05, 0.1) is 4.92 Å². The van der Waals surface area contributed by atoms with E-state index in [-0.39, 0.29) is 18.3 Å². The lowest BCUT2D eigenvalue weighted by atomic mass is 9.92. The smallest absolute Gasteiger partial charge is 0.407 e. The first-order chi connectivity index (χ1) is 12.6. The van der Waals surface area contributed by atoms with Crippen LogP contribution in [-0.4, -0.2) is 22.0 Å². The number of carbonyl (C=O) groups excluding carboxylic acids is 1. The minimum absolute atomic E-state index is 0.00225. The van der Waals surface area contributed by atoms with Gasteiger partial charge in [0.15, 0.2) is 0 Å². The van der Waals surface area contributed by atoms with Gasteiger partial charge in [0.25, 0.3) is 5.69 Å². The quantitative estimate of drug-likeness (QED) is 0.663. The van der Waals surface area contributed by atoms with Crippen LogP contribution in [0, 0.1) is 10.1 Å². The SMILES string of the molecule is CC.O=C(NC1CCc2cc([N+](=O)[O-])cnc2C1)OCc1ccccc1. The Morgan fingerprint density at radius 2 is 2.08 bits per heavy atom. The first-order valence-corrected chi connectivity index (χ1v) is 8.71. The fourth-order valence-corrected chi connectivity index (χ4v) is 2.75. The molecule has 0 spiro atoms. The van der Waals surface area contributed by atoms with Crippen LogP contribution in [0.5, 0.6) is 0 Å². The Kier molecular flexibility index (Phi) is 7.08. The Hall–Kier alpha value is -2.96. The van der Waals surface area contributed by atoms with Crippen molar-refractivity contribution < 1.29 is 14.5 Å². The lowest BCUT2D eigenvalue weighted by Gasteiger charge is -2.24. The summed E-state index contributed by atoms with van der Waals surface area (Å²) in [6.07, 6.45) is 2.70. The fraction of sp³-hybridized carbons (Fsp3) is 0.368. The topological polar surface area (TPSA) is 94.4 Å². The number of hydrogen-bond donors (Lipinski definition) is 1. The van der Waals surface area contributed by atoms with Gasteiger partial charge in [-0.25, -0.2) is 4.79 Å². The number of nitro groups is 1. The molecule has 1 aliphatic carbocycles. The molecule has 0 bridgehead atoms. The molecule has 1 N–H and O–H groups in total. The molecule has 138 valence electrons. The zero-order chi connectivity index (χ0) is 18.9. The number of aryl methyl sites for hydroxylation is 1. The Labute approximate surface area is 152 Å². The van der Waals surface area contributed by atoms with Crippen molar-refractivity contribution in [2.75, 3.05) is 0 Å². The second kappa shape index (κ2) is 9.50. The monoisotopic (exact) mass is 357 g/mol. The molecule has 1 aromatic carbocycles. The van der Waals surface area contributed by atoms with E-state index in [0.717, 1.165) is 16.8 Å². The van der Waals surface area contributed by atoms with Gasteiger partial charge < -0.3 is 10.1 Å². The molecule has 0 fully saturated rings. The van der Waals surface area contributed by atoms with Crippen LogP contribution in [0.25, 0.3) is 0 Å². The van der Waals surface area contributed by atoms with Gasteiger partial charge in [0.2, 0.25) is 0 Å². The van der Waals surface area contributed by atoms with E-state index in [0.29, 0.717) is 19.3 Å². The lowest BCUT2D eigenvalue weighted by molar-refractivity contribution is -0.385. The highest BCUT2D eigenvalue weighted by atomic mass is 16.6. The van der Waals surface area contributed by atoms with Crippen LogP contribution in [-0.2, 0) is 24.2 Å². The molecular formula is C19H23N3O4. The minimum atomic E-state index is -0.464. The largest absolute Gasteiger partial charge is 0.445 e. The third-order valence-electron chi connectivity index (χ3n) is 3.99. The molecule has 3 rings (SSSR count). The molecule has 26 heavy (non-hydrogen) atoms. The number of rotatable bonds is 4. The van der Waals surface area contributed by atoms with Gasteiger partial charge in [-0.1, -0.05) is 44.2 Å². The Morgan fingerprint density at radius 3 is 2.77 bits per heavy atom. The summed E-state index contributed by atoms with van der Waals surface area (Å²) < 4.78 is 5.21. The van der Waals surface area contributed by atoms with E-state index < -0.39 is 11.0 Å². The van der Waals surface area contributed by atoms with E-state index in [4.69, 9.17) is 4.74 Å². The summed E-state index contributed by atoms with van der Waals surface area (Å²) in [4.78, 5) is 26.4. The number of fused-ring (bicyclic) bond motifs is 1. The molecule has 7 nitrogen and oxygen atoms in total. The van der Waals surface area contributed by atoms with E-state index in [1.54, 1.807) is 6.07 Å². The standard InChI is InChI=1S/C17H17N3O4.C2H6/c21-17(24-11-12-4-2-1-3-5-12)19-14-7-6-13-8-15(20(22)23)10-18-16(13)9-14;1-2/h1-5,8,10,14H,6-7,9,11H2,(H,19,21);1-2H3. The van der Waals surface area contributed by atoms with Crippen LogP contribution < -0.4 is 5.32 Å². The molecule has 1 aromatic heterocycles. The van der Waals surface area contributed by atoms with Crippen LogP contribution in [0.4, 0.5) is 10.5 Å². The van der Waals surface area contributed by atoms with Crippen LogP contribution in [0.15, 0.2) is 42.6 Å². The molecule has 1 unspecified atom stereocenters. The molecule has 1 amide bonds. The van der Waals surface area contributed by atoms with Crippen molar-refractivity contribution in [2.45, 2.75) is 45.8 Å². The average molecular weight is 357 g/mol. The molecule has 1 atom stereocenters. The van der Waals surface area contributed by atoms with E-state index in [1.807, 2.05) is 44.2 Å². The number of benzene rings is 1. The highest BCUT2D eigenvalue weighted by Gasteiger charge is 2.23. The Balaban J connectivity index is 0.00000117. The normalized spacial score (nSPS) is 15.1. The molecule has 2 aromatic rings. The first kappa shape index (κ1) is 19.4. The summed E-state index contributed by atoms with van der Waals surface area (Å²) in [7, 11) is 0. The maximum Gasteiger partial charge on any atom is 0.407 e. The number of hydrogen-bond acceptors (Lipinski definition) is 5. The second-order valence-electron chi connectivity index (χ2n) is 5.70. The van der Waals surface area contributed by atoms with Gasteiger partial charge >= 0.3 is 6.09 Å². The summed E-state index contributed by atoms with van der Waals surface area (Å²) in [5, 5.41) is 13.6. The number of carbonyl (C=O) groups is 1. The number of aromatic nitrogens is 1. The predicted octanol–water partition coefficient (Wildman–Crippen LogP) is 3.80. The van der Waals surface area contributed by atoms with Crippen LogP contribution in [0.3, 0.4) is 0 Å². The number of pyridine rings is 1. The van der Waals surface area contributed by atoms with Gasteiger partial charge in [-0.15, -0.1) is 0 Å². The zero-order valence-corrected chi connectivity index (χ0v) is 15.0. The van der Waals surface area contributed by atoms with Crippen molar-refractivity contribution in [1.82, 2.24) is 10.3 Å². The number of nitrogens with zero attached hydrogens (tertiary/aromatic N) is 2. The highest BCUT2D eigenvalue weighted by Crippen LogP contribution is 2.23. The van der Waals surface area contributed by atoms with Gasteiger partial charge in [-0.05, 0) is 24.0 Å². The molecule has 0 radical (unpaired) electrons. The number of nitrogens with one attached hydrogen (secondary N) is 1. The van der Waals surface area contributed by atoms with E-state index >= 15 is 0 Å². The molecule has 0 aliphatic heterocycles. The maximum atomic E-state index is 11.9. The van der Waals surface area contributed by atoms with Gasteiger partial charge in [0, 0.05) is 24.2 Å². The summed E-state index contributed by atoms with van der Waals surface area (Å²) in [6, 6.07) is 10.9. The summed E-state index contributed by atoms with van der Waals surface area (Å²) in [5.74, 6) is 0. The van der Waals surface area contributed by atoms with Crippen molar-refractivity contribution in [3.8, 4) is 0 Å². The van der Waals surface area contributed by atoms with Crippen molar-refractivity contribution >= 4 is 11.8 Å². The first-order valence-electron chi connectivity index (χ1n) is 8.71. The van der Waals surface area contributed by atoms with Gasteiger partial charge in [0.1, 0.15) is 12.8 Å². The molecule has 0 saturated carbocycles. The molecule has 7 heteroatoms. The van der Waals surface area contributed by atoms with Crippen molar-refractivity contribution in [1.29, 1.82) is 0 Å². The van der Waals surface area contributed by atoms with Crippen LogP contribution in [0.2, 0.25) is 0 Å². The molecule has 1 heterocycles. The second-order valence-corrected chi connectivity index (χ2v) is 5.70. The zero-order valence-electron chi connectivity index (χ0n) is 15.0. The lowest BCUT2D eigenvalue weighted by Crippen LogP contribution is -2.39. The Morgan fingerprint density at radius 1 is 1.35 bits per heavy atom. The Bertz CT molecular complexity index is 750.